The van der Waals surface area contributed by atoms with Crippen molar-refractivity contribution in [2.75, 3.05) is 17.3 Å². The van der Waals surface area contributed by atoms with Crippen molar-refractivity contribution in [1.29, 1.82) is 0 Å². The smallest absolute Gasteiger partial charge is 0.244 e. The lowest BCUT2D eigenvalue weighted by Crippen LogP contribution is -2.63. The Bertz CT molecular complexity index is 1320. The minimum atomic E-state index is -1.26. The fourth-order valence-electron chi connectivity index (χ4n) is 5.34. The lowest BCUT2D eigenvalue weighted by atomic mass is 9.77. The number of amides is 4. The van der Waals surface area contributed by atoms with Gasteiger partial charge < -0.3 is 32.5 Å². The van der Waals surface area contributed by atoms with E-state index in [0.717, 1.165) is 16.7 Å². The molecule has 0 spiro atoms. The van der Waals surface area contributed by atoms with Crippen molar-refractivity contribution in [2.24, 2.45) is 11.5 Å². The number of phenols is 1. The molecule has 0 bridgehead atoms. The Morgan fingerprint density at radius 2 is 1.79 bits per heavy atom. The van der Waals surface area contributed by atoms with Gasteiger partial charge in [0.15, 0.2) is 0 Å². The molecule has 0 saturated carbocycles. The molecule has 4 atom stereocenters. The van der Waals surface area contributed by atoms with E-state index < -0.39 is 52.0 Å². The zero-order chi connectivity index (χ0) is 30.5. The predicted octanol–water partition coefficient (Wildman–Crippen LogP) is 1.02. The molecule has 1 saturated heterocycles. The number of primary amides is 1. The summed E-state index contributed by atoms with van der Waals surface area (Å²) in [4.78, 5) is 53.2. The first kappa shape index (κ1) is 31.7. The third-order valence-corrected chi connectivity index (χ3v) is 10.5. The summed E-state index contributed by atoms with van der Waals surface area (Å²) in [7, 11) is 0. The Morgan fingerprint density at radius 3 is 2.50 bits per heavy atom. The van der Waals surface area contributed by atoms with Gasteiger partial charge in [-0.25, -0.2) is 0 Å². The van der Waals surface area contributed by atoms with E-state index in [0.29, 0.717) is 24.3 Å². The number of phenolic OH excluding ortho intramolecular Hbond substituents is 1. The van der Waals surface area contributed by atoms with Crippen LogP contribution in [0.1, 0.15) is 37.0 Å². The highest BCUT2D eigenvalue weighted by Gasteiger charge is 2.41. The molecule has 8 N–H and O–H groups in total. The van der Waals surface area contributed by atoms with Gasteiger partial charge in [-0.3, -0.25) is 19.2 Å². The van der Waals surface area contributed by atoms with Gasteiger partial charge >= 0.3 is 0 Å². The summed E-state index contributed by atoms with van der Waals surface area (Å²) in [5.41, 5.74) is 13.4. The van der Waals surface area contributed by atoms with E-state index in [1.165, 1.54) is 23.5 Å². The molecule has 0 unspecified atom stereocenters. The molecular weight excluding hydrogens is 574 g/mol. The summed E-state index contributed by atoms with van der Waals surface area (Å²) >= 11 is 3.00. The second-order valence-corrected chi connectivity index (χ2v) is 14.3. The van der Waals surface area contributed by atoms with E-state index in [4.69, 9.17) is 11.5 Å². The van der Waals surface area contributed by atoms with Crippen LogP contribution in [0.25, 0.3) is 0 Å². The van der Waals surface area contributed by atoms with Crippen LogP contribution >= 0.6 is 23.5 Å². The number of carbonyl (C=O) groups excluding carboxylic acids is 4. The van der Waals surface area contributed by atoms with Gasteiger partial charge in [0.1, 0.15) is 23.9 Å². The van der Waals surface area contributed by atoms with Gasteiger partial charge in [-0.1, -0.05) is 42.5 Å². The molecule has 2 aromatic carbocycles. The number of thioether (sulfide) groups is 2. The summed E-state index contributed by atoms with van der Waals surface area (Å²) in [6.07, 6.45) is 1.14. The first-order valence-corrected chi connectivity index (χ1v) is 16.1. The molecule has 10 nitrogen and oxygen atoms in total. The molecule has 1 heterocycles. The highest BCUT2D eigenvalue weighted by Crippen LogP contribution is 2.33. The van der Waals surface area contributed by atoms with Gasteiger partial charge in [0, 0.05) is 28.4 Å². The minimum absolute atomic E-state index is 0.173. The third-order valence-electron chi connectivity index (χ3n) is 7.82. The van der Waals surface area contributed by atoms with Crippen LogP contribution in [-0.2, 0) is 38.4 Å². The molecule has 2 aliphatic rings. The molecule has 42 heavy (non-hydrogen) atoms. The predicted molar refractivity (Wildman–Crippen MR) is 166 cm³/mol. The molecule has 1 aliphatic carbocycles. The van der Waals surface area contributed by atoms with Crippen LogP contribution in [0.5, 0.6) is 5.75 Å². The molecule has 1 aliphatic heterocycles. The van der Waals surface area contributed by atoms with Crippen molar-refractivity contribution in [3.05, 3.63) is 65.2 Å². The van der Waals surface area contributed by atoms with Gasteiger partial charge in [-0.15, -0.1) is 0 Å². The maximum Gasteiger partial charge on any atom is 0.244 e. The van der Waals surface area contributed by atoms with E-state index in [-0.39, 0.29) is 24.3 Å². The van der Waals surface area contributed by atoms with Crippen LogP contribution in [0.4, 0.5) is 0 Å². The molecule has 4 amide bonds. The van der Waals surface area contributed by atoms with Gasteiger partial charge in [0.05, 0.1) is 5.54 Å². The van der Waals surface area contributed by atoms with Gasteiger partial charge in [-0.2, -0.15) is 23.5 Å². The number of nitrogens with one attached hydrogen (secondary N) is 3. The Kier molecular flexibility index (Phi) is 10.1. The molecule has 226 valence electrons. The number of aromatic hydroxyl groups is 1. The number of nitrogens with two attached hydrogens (primary N) is 2. The minimum Gasteiger partial charge on any atom is -0.508 e. The lowest BCUT2D eigenvalue weighted by molar-refractivity contribution is -0.134. The summed E-state index contributed by atoms with van der Waals surface area (Å²) in [6.45, 7) is 3.71. The molecular formula is C30H39N5O5S2. The number of hydrogen-bond acceptors (Lipinski definition) is 8. The lowest BCUT2D eigenvalue weighted by Gasteiger charge is -2.35. The Morgan fingerprint density at radius 1 is 1.05 bits per heavy atom. The SMILES string of the molecule is CC1(C)SCCSC[C@@H](NC(=O)[C@@]2(N)CCc3c(O)cccc3C2)C(=O)N[C@@H](Cc2ccccc2)C(=O)N[C@H]1C(N)=O. The summed E-state index contributed by atoms with van der Waals surface area (Å²) in [5, 5.41) is 18.7. The first-order valence-electron chi connectivity index (χ1n) is 13.9. The number of carbonyl (C=O) groups is 4. The molecule has 0 radical (unpaired) electrons. The highest BCUT2D eigenvalue weighted by atomic mass is 32.2. The maximum absolute atomic E-state index is 13.7. The molecule has 4 rings (SSSR count). The largest absolute Gasteiger partial charge is 0.508 e. The molecule has 2 aromatic rings. The monoisotopic (exact) mass is 613 g/mol. The topological polar surface area (TPSA) is 177 Å². The van der Waals surface area contributed by atoms with E-state index in [1.807, 2.05) is 50.2 Å². The van der Waals surface area contributed by atoms with Crippen LogP contribution in [0.2, 0.25) is 0 Å². The van der Waals surface area contributed by atoms with Crippen molar-refractivity contribution >= 4 is 47.2 Å². The van der Waals surface area contributed by atoms with Crippen LogP contribution in [0, 0.1) is 0 Å². The number of fused-ring (bicyclic) bond motifs is 1. The van der Waals surface area contributed by atoms with Crippen LogP contribution in [0.15, 0.2) is 48.5 Å². The summed E-state index contributed by atoms with van der Waals surface area (Å²) in [6, 6.07) is 11.5. The average molecular weight is 614 g/mol. The van der Waals surface area contributed by atoms with Crippen molar-refractivity contribution in [3.63, 3.8) is 0 Å². The maximum atomic E-state index is 13.7. The number of rotatable bonds is 5. The van der Waals surface area contributed by atoms with E-state index in [2.05, 4.69) is 16.0 Å². The Labute approximate surface area is 254 Å². The first-order chi connectivity index (χ1) is 19.9. The molecule has 1 fully saturated rings. The van der Waals surface area contributed by atoms with E-state index >= 15 is 0 Å². The van der Waals surface area contributed by atoms with E-state index in [9.17, 15) is 24.3 Å². The second kappa shape index (κ2) is 13.4. The van der Waals surface area contributed by atoms with Crippen molar-refractivity contribution in [2.45, 2.75) is 67.9 Å². The second-order valence-electron chi connectivity index (χ2n) is 11.4. The van der Waals surface area contributed by atoms with Crippen molar-refractivity contribution in [3.8, 4) is 5.75 Å². The fourth-order valence-corrected chi connectivity index (χ4v) is 7.65. The number of benzene rings is 2. The van der Waals surface area contributed by atoms with Crippen molar-refractivity contribution in [1.82, 2.24) is 16.0 Å². The quantitative estimate of drug-likeness (QED) is 0.290. The van der Waals surface area contributed by atoms with Gasteiger partial charge in [-0.05, 0) is 55.9 Å². The van der Waals surface area contributed by atoms with Crippen molar-refractivity contribution < 1.29 is 24.3 Å². The highest BCUT2D eigenvalue weighted by molar-refractivity contribution is 8.03. The normalized spacial score (nSPS) is 26.7. The van der Waals surface area contributed by atoms with Crippen LogP contribution in [-0.4, -0.2) is 74.4 Å². The van der Waals surface area contributed by atoms with Crippen LogP contribution in [0.3, 0.4) is 0 Å². The van der Waals surface area contributed by atoms with Crippen LogP contribution < -0.4 is 27.4 Å². The van der Waals surface area contributed by atoms with Gasteiger partial charge in [0.25, 0.3) is 0 Å². The zero-order valence-electron chi connectivity index (χ0n) is 23.9. The van der Waals surface area contributed by atoms with Gasteiger partial charge in [0.2, 0.25) is 23.6 Å². The zero-order valence-corrected chi connectivity index (χ0v) is 25.5. The molecule has 0 aromatic heterocycles. The Hall–Kier alpha value is -3.22. The summed E-state index contributed by atoms with van der Waals surface area (Å²) in [5.74, 6) is -0.459. The third kappa shape index (κ3) is 7.59. The standard InChI is InChI=1S/C30H39N5O5S2/c1-29(2)24(25(31)37)35-26(38)21(15-18-7-4-3-5-8-18)33-27(39)22(17-41-13-14-42-29)34-28(40)30(32)12-11-20-19(16-30)9-6-10-23(20)36/h3-10,21-22,24,36H,11-17,32H2,1-2H3,(H2,31,37)(H,33,39)(H,34,40)(H,35,38)/t21-,22+,24-,30+/m0/s1. The fraction of sp³-hybridized carbons (Fsp3) is 0.467. The average Bonchev–Trinajstić information content (AvgIpc) is 2.94. The molecule has 12 heteroatoms. The number of hydrogen-bond donors (Lipinski definition) is 6. The Balaban J connectivity index is 1.57. The summed E-state index contributed by atoms with van der Waals surface area (Å²) < 4.78 is -0.692. The van der Waals surface area contributed by atoms with E-state index in [1.54, 1.807) is 12.1 Å².